The lowest BCUT2D eigenvalue weighted by molar-refractivity contribution is -0.131. The van der Waals surface area contributed by atoms with Gasteiger partial charge in [0, 0.05) is 25.6 Å². The van der Waals surface area contributed by atoms with Gasteiger partial charge >= 0.3 is 0 Å². The highest BCUT2D eigenvalue weighted by atomic mass is 16.2. The number of likely N-dealkylation sites (tertiary alicyclic amines) is 1. The van der Waals surface area contributed by atoms with Crippen LogP contribution in [-0.2, 0) is 11.2 Å². The number of hydrogen-bond donors (Lipinski definition) is 1. The third-order valence-electron chi connectivity index (χ3n) is 3.44. The molecule has 17 heavy (non-hydrogen) atoms. The Morgan fingerprint density at radius 1 is 1.35 bits per heavy atom. The van der Waals surface area contributed by atoms with Crippen LogP contribution in [-0.4, -0.2) is 29.9 Å². The van der Waals surface area contributed by atoms with Crippen molar-refractivity contribution in [2.45, 2.75) is 31.7 Å². The third kappa shape index (κ3) is 3.07. The van der Waals surface area contributed by atoms with E-state index in [0.717, 1.165) is 25.8 Å². The van der Waals surface area contributed by atoms with E-state index in [1.54, 1.807) is 0 Å². The van der Waals surface area contributed by atoms with Crippen molar-refractivity contribution in [3.8, 4) is 0 Å². The van der Waals surface area contributed by atoms with Crippen LogP contribution in [0.4, 0.5) is 0 Å². The topological polar surface area (TPSA) is 46.3 Å². The van der Waals surface area contributed by atoms with Crippen LogP contribution in [0.2, 0.25) is 0 Å². The average Bonchev–Trinajstić information content (AvgIpc) is 2.85. The normalized spacial score (nSPS) is 19.6. The lowest BCUT2D eigenvalue weighted by Crippen LogP contribution is -2.39. The first-order valence-electron chi connectivity index (χ1n) is 6.34. The summed E-state index contributed by atoms with van der Waals surface area (Å²) in [6.45, 7) is 1.48. The standard InChI is InChI=1S/C14H20N2O/c15-11-13-7-4-10-16(13)14(17)9-8-12-5-2-1-3-6-12/h1-3,5-6,13H,4,7-11,15H2/t13-/m0/s1. The third-order valence-corrected chi connectivity index (χ3v) is 3.44. The van der Waals surface area contributed by atoms with Crippen LogP contribution in [0.3, 0.4) is 0 Å². The molecule has 0 spiro atoms. The van der Waals surface area contributed by atoms with Crippen molar-refractivity contribution in [2.24, 2.45) is 5.73 Å². The lowest BCUT2D eigenvalue weighted by Gasteiger charge is -2.23. The van der Waals surface area contributed by atoms with Gasteiger partial charge in [0.2, 0.25) is 5.91 Å². The van der Waals surface area contributed by atoms with Gasteiger partial charge in [0.15, 0.2) is 0 Å². The first-order valence-corrected chi connectivity index (χ1v) is 6.34. The zero-order valence-corrected chi connectivity index (χ0v) is 10.1. The van der Waals surface area contributed by atoms with Crippen LogP contribution in [0.25, 0.3) is 0 Å². The van der Waals surface area contributed by atoms with Crippen molar-refractivity contribution >= 4 is 5.91 Å². The number of aryl methyl sites for hydroxylation is 1. The van der Waals surface area contributed by atoms with Gasteiger partial charge in [-0.05, 0) is 24.8 Å². The number of nitrogens with zero attached hydrogens (tertiary/aromatic N) is 1. The van der Waals surface area contributed by atoms with Gasteiger partial charge in [-0.3, -0.25) is 4.79 Å². The van der Waals surface area contributed by atoms with Gasteiger partial charge in [0.25, 0.3) is 0 Å². The molecule has 0 radical (unpaired) electrons. The summed E-state index contributed by atoms with van der Waals surface area (Å²) in [6, 6.07) is 10.4. The van der Waals surface area contributed by atoms with Crippen molar-refractivity contribution in [1.82, 2.24) is 4.90 Å². The molecule has 2 rings (SSSR count). The van der Waals surface area contributed by atoms with E-state index in [4.69, 9.17) is 5.73 Å². The van der Waals surface area contributed by atoms with Crippen LogP contribution in [0, 0.1) is 0 Å². The van der Waals surface area contributed by atoms with E-state index >= 15 is 0 Å². The summed E-state index contributed by atoms with van der Waals surface area (Å²) in [5.74, 6) is 0.252. The fourth-order valence-corrected chi connectivity index (χ4v) is 2.45. The molecule has 1 saturated heterocycles. The summed E-state index contributed by atoms with van der Waals surface area (Å²) in [4.78, 5) is 14.0. The predicted octanol–water partition coefficient (Wildman–Crippen LogP) is 1.57. The lowest BCUT2D eigenvalue weighted by atomic mass is 10.1. The van der Waals surface area contributed by atoms with E-state index in [9.17, 15) is 4.79 Å². The molecule has 0 unspecified atom stereocenters. The Morgan fingerprint density at radius 3 is 2.82 bits per heavy atom. The Hall–Kier alpha value is -1.35. The van der Waals surface area contributed by atoms with E-state index in [0.29, 0.717) is 13.0 Å². The summed E-state index contributed by atoms with van der Waals surface area (Å²) in [6.07, 6.45) is 3.58. The Morgan fingerprint density at radius 2 is 2.12 bits per heavy atom. The molecular formula is C14H20N2O. The molecule has 3 nitrogen and oxygen atoms in total. The molecule has 0 aromatic heterocycles. The minimum Gasteiger partial charge on any atom is -0.338 e. The number of carbonyl (C=O) groups is 1. The number of hydrogen-bond acceptors (Lipinski definition) is 2. The minimum absolute atomic E-state index is 0.252. The Kier molecular flexibility index (Phi) is 4.15. The summed E-state index contributed by atoms with van der Waals surface area (Å²) in [5, 5.41) is 0. The molecule has 92 valence electrons. The smallest absolute Gasteiger partial charge is 0.223 e. The van der Waals surface area contributed by atoms with Crippen molar-refractivity contribution in [3.05, 3.63) is 35.9 Å². The Balaban J connectivity index is 1.85. The maximum Gasteiger partial charge on any atom is 0.223 e. The molecule has 1 fully saturated rings. The minimum atomic E-state index is 0.252. The molecule has 1 aliphatic heterocycles. The molecule has 1 aromatic rings. The molecule has 1 aliphatic rings. The summed E-state index contributed by atoms with van der Waals surface area (Å²) in [5.41, 5.74) is 6.90. The van der Waals surface area contributed by atoms with E-state index in [2.05, 4.69) is 12.1 Å². The second kappa shape index (κ2) is 5.82. The molecule has 1 amide bonds. The van der Waals surface area contributed by atoms with Gasteiger partial charge in [-0.1, -0.05) is 30.3 Å². The molecule has 0 aliphatic carbocycles. The second-order valence-electron chi connectivity index (χ2n) is 4.60. The number of rotatable bonds is 4. The summed E-state index contributed by atoms with van der Waals surface area (Å²) in [7, 11) is 0. The SMILES string of the molecule is NC[C@@H]1CCCN1C(=O)CCc1ccccc1. The van der Waals surface area contributed by atoms with Gasteiger partial charge in [0.05, 0.1) is 0 Å². The van der Waals surface area contributed by atoms with Gasteiger partial charge in [-0.25, -0.2) is 0 Å². The predicted molar refractivity (Wildman–Crippen MR) is 68.6 cm³/mol. The summed E-state index contributed by atoms with van der Waals surface area (Å²) >= 11 is 0. The fraction of sp³-hybridized carbons (Fsp3) is 0.500. The number of carbonyl (C=O) groups excluding carboxylic acids is 1. The maximum absolute atomic E-state index is 12.1. The van der Waals surface area contributed by atoms with Crippen molar-refractivity contribution in [1.29, 1.82) is 0 Å². The van der Waals surface area contributed by atoms with Crippen LogP contribution in [0.5, 0.6) is 0 Å². The number of benzene rings is 1. The van der Waals surface area contributed by atoms with E-state index in [-0.39, 0.29) is 11.9 Å². The quantitative estimate of drug-likeness (QED) is 0.856. The largest absolute Gasteiger partial charge is 0.338 e. The van der Waals surface area contributed by atoms with E-state index in [1.165, 1.54) is 5.56 Å². The molecular weight excluding hydrogens is 212 g/mol. The van der Waals surface area contributed by atoms with Gasteiger partial charge < -0.3 is 10.6 Å². The summed E-state index contributed by atoms with van der Waals surface area (Å²) < 4.78 is 0. The van der Waals surface area contributed by atoms with Gasteiger partial charge in [0.1, 0.15) is 0 Å². The zero-order chi connectivity index (χ0) is 12.1. The van der Waals surface area contributed by atoms with Gasteiger partial charge in [-0.2, -0.15) is 0 Å². The maximum atomic E-state index is 12.1. The van der Waals surface area contributed by atoms with Crippen LogP contribution >= 0.6 is 0 Å². The molecule has 1 aromatic carbocycles. The highest BCUT2D eigenvalue weighted by molar-refractivity contribution is 5.77. The zero-order valence-electron chi connectivity index (χ0n) is 10.1. The number of amides is 1. The van der Waals surface area contributed by atoms with Crippen molar-refractivity contribution in [3.63, 3.8) is 0 Å². The number of nitrogens with two attached hydrogens (primary N) is 1. The molecule has 2 N–H and O–H groups in total. The molecule has 1 atom stereocenters. The molecule has 1 heterocycles. The van der Waals surface area contributed by atoms with Crippen LogP contribution in [0.1, 0.15) is 24.8 Å². The van der Waals surface area contributed by atoms with Crippen LogP contribution in [0.15, 0.2) is 30.3 Å². The first kappa shape index (κ1) is 12.1. The van der Waals surface area contributed by atoms with E-state index in [1.807, 2.05) is 23.1 Å². The van der Waals surface area contributed by atoms with Crippen LogP contribution < -0.4 is 5.73 Å². The Labute approximate surface area is 103 Å². The highest BCUT2D eigenvalue weighted by Crippen LogP contribution is 2.17. The van der Waals surface area contributed by atoms with Gasteiger partial charge in [-0.15, -0.1) is 0 Å². The highest BCUT2D eigenvalue weighted by Gasteiger charge is 2.26. The average molecular weight is 232 g/mol. The first-order chi connectivity index (χ1) is 8.31. The van der Waals surface area contributed by atoms with Crippen molar-refractivity contribution in [2.75, 3.05) is 13.1 Å². The molecule has 0 bridgehead atoms. The Bertz CT molecular complexity index is 364. The second-order valence-corrected chi connectivity index (χ2v) is 4.60. The van der Waals surface area contributed by atoms with E-state index < -0.39 is 0 Å². The monoisotopic (exact) mass is 232 g/mol. The molecule has 0 saturated carbocycles. The molecule has 3 heteroatoms. The van der Waals surface area contributed by atoms with Crippen molar-refractivity contribution < 1.29 is 4.79 Å². The fourth-order valence-electron chi connectivity index (χ4n) is 2.45.